The number of amides is 1. The van der Waals surface area contributed by atoms with Crippen molar-refractivity contribution in [1.82, 2.24) is 3.89 Å². The van der Waals surface area contributed by atoms with Gasteiger partial charge >= 0.3 is 10.3 Å². The van der Waals surface area contributed by atoms with Gasteiger partial charge in [-0.2, -0.15) is 3.89 Å². The predicted octanol–water partition coefficient (Wildman–Crippen LogP) is 2.51. The minimum absolute atomic E-state index is 0.145. The lowest BCUT2D eigenvalue weighted by molar-refractivity contribution is 0.103. The highest BCUT2D eigenvalue weighted by Crippen LogP contribution is 2.32. The van der Waals surface area contributed by atoms with Crippen molar-refractivity contribution in [3.05, 3.63) is 46.4 Å². The molecule has 1 heterocycles. The standard InChI is InChI=1S/C13H13FN2O4S2/c1-16(2,22(18,19)20)11-7-8-21-12(11)13(17)15-10-5-3-9(14)4-6-10/h3-8H,1-2H3,(H-,15,17,18,19,20)/p+1. The number of benzene rings is 1. The molecule has 1 aromatic heterocycles. The molecule has 0 saturated heterocycles. The summed E-state index contributed by atoms with van der Waals surface area (Å²) in [5, 5.41) is 4.11. The lowest BCUT2D eigenvalue weighted by Crippen LogP contribution is -2.46. The third kappa shape index (κ3) is 3.17. The Morgan fingerprint density at radius 2 is 1.82 bits per heavy atom. The number of quaternary nitrogens is 1. The van der Waals surface area contributed by atoms with Crippen LogP contribution in [-0.4, -0.2) is 33.0 Å². The van der Waals surface area contributed by atoms with Crippen LogP contribution in [0.25, 0.3) is 0 Å². The molecule has 6 nitrogen and oxygen atoms in total. The van der Waals surface area contributed by atoms with Crippen molar-refractivity contribution in [3.8, 4) is 0 Å². The smallest absolute Gasteiger partial charge is 0.321 e. The normalized spacial score (nSPS) is 12.2. The molecule has 0 aliphatic heterocycles. The number of carbonyl (C=O) groups is 1. The predicted molar refractivity (Wildman–Crippen MR) is 83.9 cm³/mol. The number of thiophene rings is 1. The molecule has 1 aromatic carbocycles. The van der Waals surface area contributed by atoms with E-state index < -0.39 is 25.9 Å². The van der Waals surface area contributed by atoms with Gasteiger partial charge in [0.15, 0.2) is 10.6 Å². The Morgan fingerprint density at radius 1 is 1.23 bits per heavy atom. The van der Waals surface area contributed by atoms with Gasteiger partial charge in [0.25, 0.3) is 5.91 Å². The highest BCUT2D eigenvalue weighted by atomic mass is 32.2. The summed E-state index contributed by atoms with van der Waals surface area (Å²) < 4.78 is 44.3. The number of nitrogens with zero attached hydrogens (tertiary/aromatic N) is 1. The molecule has 0 aliphatic rings. The van der Waals surface area contributed by atoms with E-state index >= 15 is 0 Å². The van der Waals surface area contributed by atoms with Crippen LogP contribution in [0.3, 0.4) is 0 Å². The molecular weight excluding hydrogens is 331 g/mol. The number of anilines is 1. The van der Waals surface area contributed by atoms with Gasteiger partial charge in [-0.15, -0.1) is 19.8 Å². The summed E-state index contributed by atoms with van der Waals surface area (Å²) in [6, 6.07) is 6.64. The van der Waals surface area contributed by atoms with Gasteiger partial charge in [-0.25, -0.2) is 8.94 Å². The topological polar surface area (TPSA) is 83.5 Å². The van der Waals surface area contributed by atoms with E-state index in [1.807, 2.05) is 0 Å². The molecule has 0 radical (unpaired) electrons. The van der Waals surface area contributed by atoms with Crippen LogP contribution in [0, 0.1) is 5.82 Å². The quantitative estimate of drug-likeness (QED) is 0.659. The third-order valence-electron chi connectivity index (χ3n) is 3.11. The molecule has 118 valence electrons. The van der Waals surface area contributed by atoms with E-state index in [-0.39, 0.29) is 10.6 Å². The first-order valence-corrected chi connectivity index (χ1v) is 8.37. The third-order valence-corrected chi connectivity index (χ3v) is 5.36. The number of rotatable bonds is 4. The number of halogens is 1. The molecule has 2 aromatic rings. The van der Waals surface area contributed by atoms with Gasteiger partial charge in [0.2, 0.25) is 0 Å². The van der Waals surface area contributed by atoms with Crippen molar-refractivity contribution < 1.29 is 22.2 Å². The Balaban J connectivity index is 2.33. The second kappa shape index (κ2) is 5.76. The second-order valence-electron chi connectivity index (χ2n) is 4.89. The van der Waals surface area contributed by atoms with Crippen molar-refractivity contribution >= 4 is 38.9 Å². The Hall–Kier alpha value is -1.81. The van der Waals surface area contributed by atoms with Crippen molar-refractivity contribution in [1.29, 1.82) is 0 Å². The second-order valence-corrected chi connectivity index (χ2v) is 7.62. The molecule has 0 unspecified atom stereocenters. The van der Waals surface area contributed by atoms with E-state index in [9.17, 15) is 22.2 Å². The maximum atomic E-state index is 12.8. The molecule has 0 saturated carbocycles. The summed E-state index contributed by atoms with van der Waals surface area (Å²) in [5.74, 6) is -0.967. The Bertz CT molecular complexity index is 798. The van der Waals surface area contributed by atoms with E-state index in [0.29, 0.717) is 5.69 Å². The van der Waals surface area contributed by atoms with Gasteiger partial charge in [0.1, 0.15) is 5.82 Å². The van der Waals surface area contributed by atoms with Crippen molar-refractivity contribution in [2.24, 2.45) is 0 Å². The van der Waals surface area contributed by atoms with Gasteiger partial charge in [0, 0.05) is 11.8 Å². The van der Waals surface area contributed by atoms with Crippen LogP contribution in [-0.2, 0) is 10.3 Å². The minimum Gasteiger partial charge on any atom is -0.321 e. The van der Waals surface area contributed by atoms with E-state index in [1.54, 1.807) is 5.38 Å². The molecule has 2 rings (SSSR count). The SMILES string of the molecule is C[N+](C)(c1ccsc1C(=O)Nc1ccc(F)cc1)S(=O)(=O)O. The van der Waals surface area contributed by atoms with Crippen LogP contribution in [0.1, 0.15) is 9.67 Å². The first-order chi connectivity index (χ1) is 10.1. The van der Waals surface area contributed by atoms with E-state index in [4.69, 9.17) is 0 Å². The summed E-state index contributed by atoms with van der Waals surface area (Å²) in [6.45, 7) is 0. The summed E-state index contributed by atoms with van der Waals surface area (Å²) in [5.41, 5.74) is 0.523. The minimum atomic E-state index is -4.45. The van der Waals surface area contributed by atoms with Gasteiger partial charge in [-0.05, 0) is 29.6 Å². The summed E-state index contributed by atoms with van der Waals surface area (Å²) in [7, 11) is -1.93. The zero-order valence-electron chi connectivity index (χ0n) is 11.8. The average molecular weight is 345 g/mol. The van der Waals surface area contributed by atoms with Crippen LogP contribution in [0.2, 0.25) is 0 Å². The molecule has 0 bridgehead atoms. The molecule has 0 fully saturated rings. The van der Waals surface area contributed by atoms with Gasteiger partial charge < -0.3 is 5.32 Å². The highest BCUT2D eigenvalue weighted by molar-refractivity contribution is 7.85. The maximum absolute atomic E-state index is 12.8. The fourth-order valence-electron chi connectivity index (χ4n) is 1.74. The monoisotopic (exact) mass is 345 g/mol. The largest absolute Gasteiger partial charge is 0.437 e. The Labute approximate surface area is 131 Å². The molecule has 9 heteroatoms. The first kappa shape index (κ1) is 16.6. The number of hydrogen-bond donors (Lipinski definition) is 2. The maximum Gasteiger partial charge on any atom is 0.437 e. The van der Waals surface area contributed by atoms with E-state index in [0.717, 1.165) is 11.3 Å². The molecule has 0 aliphatic carbocycles. The van der Waals surface area contributed by atoms with Crippen LogP contribution < -0.4 is 9.21 Å². The van der Waals surface area contributed by atoms with Crippen LogP contribution >= 0.6 is 11.3 Å². The fourth-order valence-corrected chi connectivity index (χ4v) is 3.11. The van der Waals surface area contributed by atoms with Gasteiger partial charge in [-0.3, -0.25) is 4.79 Å². The van der Waals surface area contributed by atoms with E-state index in [1.165, 1.54) is 44.4 Å². The van der Waals surface area contributed by atoms with Crippen molar-refractivity contribution in [2.45, 2.75) is 0 Å². The lowest BCUT2D eigenvalue weighted by Gasteiger charge is -2.23. The summed E-state index contributed by atoms with van der Waals surface area (Å²) >= 11 is 1.05. The van der Waals surface area contributed by atoms with Crippen LogP contribution in [0.15, 0.2) is 35.7 Å². The fraction of sp³-hybridized carbons (Fsp3) is 0.154. The Kier molecular flexibility index (Phi) is 4.34. The lowest BCUT2D eigenvalue weighted by atomic mass is 10.3. The number of carbonyl (C=O) groups excluding carboxylic acids is 1. The molecule has 22 heavy (non-hydrogen) atoms. The summed E-state index contributed by atoms with van der Waals surface area (Å²) in [4.78, 5) is 12.4. The Morgan fingerprint density at radius 3 is 2.36 bits per heavy atom. The number of hydrogen-bond acceptors (Lipinski definition) is 4. The molecule has 1 amide bonds. The van der Waals surface area contributed by atoms with Crippen molar-refractivity contribution in [2.75, 3.05) is 19.4 Å². The van der Waals surface area contributed by atoms with Gasteiger partial charge in [-0.1, -0.05) is 0 Å². The van der Waals surface area contributed by atoms with Crippen LogP contribution in [0.4, 0.5) is 15.8 Å². The zero-order chi connectivity index (χ0) is 16.5. The van der Waals surface area contributed by atoms with Crippen LogP contribution in [0.5, 0.6) is 0 Å². The first-order valence-electron chi connectivity index (χ1n) is 6.09. The van der Waals surface area contributed by atoms with Crippen molar-refractivity contribution in [3.63, 3.8) is 0 Å². The molecule has 0 atom stereocenters. The summed E-state index contributed by atoms with van der Waals surface area (Å²) in [6.07, 6.45) is 0. The molecule has 0 spiro atoms. The molecule has 2 N–H and O–H groups in total. The zero-order valence-corrected chi connectivity index (χ0v) is 13.4. The average Bonchev–Trinajstić information content (AvgIpc) is 2.90. The van der Waals surface area contributed by atoms with Gasteiger partial charge in [0.05, 0.1) is 14.1 Å². The number of nitrogens with one attached hydrogen (secondary N) is 1. The highest BCUT2D eigenvalue weighted by Gasteiger charge is 2.38. The molecular formula is C13H14FN2O4S2+. The van der Waals surface area contributed by atoms with E-state index in [2.05, 4.69) is 5.32 Å².